The minimum atomic E-state index is -0.193. The average molecular weight is 551 g/mol. The number of unbranched alkanes of at least 4 members (excludes halogenated alkanes) is 1. The predicted octanol–water partition coefficient (Wildman–Crippen LogP) is 2.01. The summed E-state index contributed by atoms with van der Waals surface area (Å²) in [5.74, 6) is 2.33. The molecule has 0 saturated carbocycles. The number of aryl methyl sites for hydroxylation is 2. The second-order valence-corrected chi connectivity index (χ2v) is 7.87. The first kappa shape index (κ1) is 24.1. The number of amides is 2. The standard InChI is InChI=1S/C22H29N7O2.HI/c1-3-18-26-19-11-10-15(14-29(19)27-18)25-22(23-2)24-12-6-7-13-28-20(30)16-8-4-5-9-17(16)21(28)31;/h4-5,8-9,15H,3,6-7,10-14H2,1-2H3,(H2,23,24,25);1H. The second kappa shape index (κ2) is 10.9. The van der Waals surface area contributed by atoms with Crippen molar-refractivity contribution >= 4 is 41.8 Å². The second-order valence-electron chi connectivity index (χ2n) is 7.87. The molecule has 2 N–H and O–H groups in total. The summed E-state index contributed by atoms with van der Waals surface area (Å²) in [7, 11) is 1.76. The van der Waals surface area contributed by atoms with E-state index in [0.717, 1.165) is 56.3 Å². The Labute approximate surface area is 205 Å². The Morgan fingerprint density at radius 3 is 2.56 bits per heavy atom. The van der Waals surface area contributed by atoms with Crippen LogP contribution in [0.1, 0.15) is 58.6 Å². The highest BCUT2D eigenvalue weighted by Gasteiger charge is 2.34. The number of aromatic nitrogens is 3. The summed E-state index contributed by atoms with van der Waals surface area (Å²) < 4.78 is 2.00. The minimum absolute atomic E-state index is 0. The van der Waals surface area contributed by atoms with Crippen LogP contribution in [-0.4, -0.2) is 63.6 Å². The number of guanidine groups is 1. The number of fused-ring (bicyclic) bond motifs is 2. The number of benzene rings is 1. The van der Waals surface area contributed by atoms with Crippen LogP contribution in [0.3, 0.4) is 0 Å². The largest absolute Gasteiger partial charge is 0.356 e. The highest BCUT2D eigenvalue weighted by molar-refractivity contribution is 14.0. The van der Waals surface area contributed by atoms with Gasteiger partial charge >= 0.3 is 0 Å². The number of nitrogens with zero attached hydrogens (tertiary/aromatic N) is 5. The van der Waals surface area contributed by atoms with E-state index in [1.54, 1.807) is 31.3 Å². The van der Waals surface area contributed by atoms with Gasteiger partial charge in [-0.2, -0.15) is 5.10 Å². The lowest BCUT2D eigenvalue weighted by Crippen LogP contribution is -2.47. The summed E-state index contributed by atoms with van der Waals surface area (Å²) in [5.41, 5.74) is 1.01. The van der Waals surface area contributed by atoms with E-state index in [1.807, 2.05) is 4.68 Å². The Balaban J connectivity index is 0.00000289. The number of rotatable bonds is 7. The van der Waals surface area contributed by atoms with Gasteiger partial charge in [0.05, 0.1) is 17.7 Å². The van der Waals surface area contributed by atoms with Gasteiger partial charge < -0.3 is 10.6 Å². The van der Waals surface area contributed by atoms with E-state index in [2.05, 4.69) is 32.6 Å². The van der Waals surface area contributed by atoms with Crippen molar-refractivity contribution in [2.45, 2.75) is 51.6 Å². The quantitative estimate of drug-likeness (QED) is 0.180. The van der Waals surface area contributed by atoms with Gasteiger partial charge in [0.2, 0.25) is 0 Å². The molecule has 10 heteroatoms. The van der Waals surface area contributed by atoms with Crippen molar-refractivity contribution in [3.8, 4) is 0 Å². The van der Waals surface area contributed by atoms with Crippen LogP contribution in [0.15, 0.2) is 29.3 Å². The molecule has 0 saturated heterocycles. The molecule has 0 radical (unpaired) electrons. The lowest BCUT2D eigenvalue weighted by Gasteiger charge is -2.25. The zero-order chi connectivity index (χ0) is 21.8. The van der Waals surface area contributed by atoms with Crippen molar-refractivity contribution in [3.63, 3.8) is 0 Å². The highest BCUT2D eigenvalue weighted by Crippen LogP contribution is 2.22. The van der Waals surface area contributed by atoms with Crippen LogP contribution >= 0.6 is 24.0 Å². The van der Waals surface area contributed by atoms with Crippen LogP contribution in [0.25, 0.3) is 0 Å². The van der Waals surface area contributed by atoms with Crippen molar-refractivity contribution in [2.24, 2.45) is 4.99 Å². The Kier molecular flexibility index (Phi) is 8.21. The summed E-state index contributed by atoms with van der Waals surface area (Å²) in [4.78, 5) is 35.0. The van der Waals surface area contributed by atoms with Gasteiger partial charge in [-0.1, -0.05) is 19.1 Å². The Morgan fingerprint density at radius 1 is 1.19 bits per heavy atom. The normalized spacial score (nSPS) is 17.6. The molecule has 0 fully saturated rings. The van der Waals surface area contributed by atoms with Crippen molar-refractivity contribution in [1.29, 1.82) is 0 Å². The summed E-state index contributed by atoms with van der Waals surface area (Å²) >= 11 is 0. The average Bonchev–Trinajstić information content (AvgIpc) is 3.32. The number of imide groups is 1. The molecule has 4 rings (SSSR count). The zero-order valence-electron chi connectivity index (χ0n) is 18.5. The molecule has 1 aromatic heterocycles. The minimum Gasteiger partial charge on any atom is -0.356 e. The van der Waals surface area contributed by atoms with Crippen LogP contribution in [0.4, 0.5) is 0 Å². The van der Waals surface area contributed by atoms with Crippen LogP contribution in [-0.2, 0) is 19.4 Å². The third-order valence-electron chi connectivity index (χ3n) is 5.76. The maximum absolute atomic E-state index is 12.4. The third kappa shape index (κ3) is 5.11. The van der Waals surface area contributed by atoms with E-state index in [1.165, 1.54) is 4.90 Å². The monoisotopic (exact) mass is 551 g/mol. The fourth-order valence-electron chi connectivity index (χ4n) is 4.06. The maximum atomic E-state index is 12.4. The van der Waals surface area contributed by atoms with E-state index in [4.69, 9.17) is 0 Å². The van der Waals surface area contributed by atoms with Gasteiger partial charge in [0, 0.05) is 39.0 Å². The smallest absolute Gasteiger partial charge is 0.261 e. The van der Waals surface area contributed by atoms with Crippen molar-refractivity contribution < 1.29 is 9.59 Å². The first-order valence-corrected chi connectivity index (χ1v) is 11.0. The molecule has 2 aromatic rings. The fraction of sp³-hybridized carbons (Fsp3) is 0.500. The summed E-state index contributed by atoms with van der Waals surface area (Å²) in [6, 6.07) is 7.25. The number of carbonyl (C=O) groups excluding carboxylic acids is 2. The molecule has 0 aliphatic carbocycles. The van der Waals surface area contributed by atoms with Gasteiger partial charge in [-0.05, 0) is 31.4 Å². The first-order valence-electron chi connectivity index (χ1n) is 11.0. The molecule has 32 heavy (non-hydrogen) atoms. The van der Waals surface area contributed by atoms with E-state index >= 15 is 0 Å². The number of hydrogen-bond donors (Lipinski definition) is 2. The Bertz CT molecular complexity index is 969. The van der Waals surface area contributed by atoms with Gasteiger partial charge in [0.1, 0.15) is 5.82 Å². The van der Waals surface area contributed by atoms with Gasteiger partial charge in [-0.25, -0.2) is 9.67 Å². The number of nitrogens with one attached hydrogen (secondary N) is 2. The first-order chi connectivity index (χ1) is 15.1. The Morgan fingerprint density at radius 2 is 1.91 bits per heavy atom. The number of halogens is 1. The van der Waals surface area contributed by atoms with E-state index < -0.39 is 0 Å². The van der Waals surface area contributed by atoms with Gasteiger partial charge in [-0.3, -0.25) is 19.5 Å². The third-order valence-corrected chi connectivity index (χ3v) is 5.76. The molecule has 2 aliphatic heterocycles. The van der Waals surface area contributed by atoms with Crippen LogP contribution in [0, 0.1) is 0 Å². The molecule has 0 bridgehead atoms. The highest BCUT2D eigenvalue weighted by atomic mass is 127. The van der Waals surface area contributed by atoms with Crippen LogP contribution in [0.5, 0.6) is 0 Å². The lowest BCUT2D eigenvalue weighted by molar-refractivity contribution is 0.0652. The van der Waals surface area contributed by atoms with E-state index in [0.29, 0.717) is 24.2 Å². The number of carbonyl (C=O) groups is 2. The van der Waals surface area contributed by atoms with Gasteiger partial charge in [-0.15, -0.1) is 24.0 Å². The molecule has 9 nitrogen and oxygen atoms in total. The van der Waals surface area contributed by atoms with E-state index in [9.17, 15) is 9.59 Å². The molecule has 3 heterocycles. The van der Waals surface area contributed by atoms with Crippen LogP contribution in [0.2, 0.25) is 0 Å². The molecule has 1 aromatic carbocycles. The zero-order valence-corrected chi connectivity index (χ0v) is 20.8. The maximum Gasteiger partial charge on any atom is 0.261 e. The van der Waals surface area contributed by atoms with Gasteiger partial charge in [0.25, 0.3) is 11.8 Å². The lowest BCUT2D eigenvalue weighted by atomic mass is 10.1. The summed E-state index contributed by atoms with van der Waals surface area (Å²) in [6.07, 6.45) is 4.30. The Hall–Kier alpha value is -2.50. The molecule has 172 valence electrons. The van der Waals surface area contributed by atoms with Gasteiger partial charge in [0.15, 0.2) is 11.8 Å². The number of hydrogen-bond acceptors (Lipinski definition) is 5. The van der Waals surface area contributed by atoms with Crippen molar-refractivity contribution in [3.05, 3.63) is 47.0 Å². The molecule has 2 amide bonds. The van der Waals surface area contributed by atoms with Crippen molar-refractivity contribution in [2.75, 3.05) is 20.1 Å². The fourth-order valence-corrected chi connectivity index (χ4v) is 4.06. The molecular formula is C22H30IN7O2. The predicted molar refractivity (Wildman–Crippen MR) is 132 cm³/mol. The number of aliphatic imine (C=N–C) groups is 1. The molecule has 2 aliphatic rings. The molecular weight excluding hydrogens is 521 g/mol. The topological polar surface area (TPSA) is 105 Å². The SMILES string of the molecule is CCc1nc2n(n1)CC(NC(=NC)NCCCCN1C(=O)c3ccccc3C1=O)CC2.I. The van der Waals surface area contributed by atoms with Crippen molar-refractivity contribution in [1.82, 2.24) is 30.3 Å². The van der Waals surface area contributed by atoms with Crippen LogP contribution < -0.4 is 10.6 Å². The van der Waals surface area contributed by atoms with E-state index in [-0.39, 0.29) is 41.8 Å². The molecule has 1 unspecified atom stereocenters. The summed E-state index contributed by atoms with van der Waals surface area (Å²) in [6.45, 7) is 3.99. The molecule has 1 atom stereocenters. The molecule has 0 spiro atoms. The summed E-state index contributed by atoms with van der Waals surface area (Å²) in [5, 5.41) is 11.3.